The van der Waals surface area contributed by atoms with Gasteiger partial charge >= 0.3 is 73.9 Å². The number of rotatable bonds is 4. The molecule has 4 fully saturated rings. The molecule has 1 aromatic rings. The van der Waals surface area contributed by atoms with Gasteiger partial charge in [0.05, 0.1) is 12.8 Å². The number of benzene rings is 1. The number of carbonyl (C=O) groups is 1. The van der Waals surface area contributed by atoms with Crippen molar-refractivity contribution < 1.29 is 85.3 Å². The van der Waals surface area contributed by atoms with E-state index in [-0.39, 0.29) is 51.3 Å². The molecule has 1 heterocycles. The summed E-state index contributed by atoms with van der Waals surface area (Å²) in [6.45, 7) is 37.8. The number of amides is 1. The third-order valence-corrected chi connectivity index (χ3v) is 14.0. The van der Waals surface area contributed by atoms with Crippen molar-refractivity contribution in [3.8, 4) is 29.4 Å². The Kier molecular flexibility index (Phi) is 31.2. The summed E-state index contributed by atoms with van der Waals surface area (Å²) in [6.07, 6.45) is 11.6. The summed E-state index contributed by atoms with van der Waals surface area (Å²) in [6, 6.07) is 5.04. The first-order valence-electron chi connectivity index (χ1n) is 16.0. The van der Waals surface area contributed by atoms with E-state index in [4.69, 9.17) is 46.9 Å². The second-order valence-electron chi connectivity index (χ2n) is 13.7. The maximum atomic E-state index is 14.4. The van der Waals surface area contributed by atoms with Gasteiger partial charge in [0.2, 0.25) is 8.32 Å². The number of aliphatic hydroxyl groups is 1. The Hall–Kier alpha value is -3.68. The Balaban J connectivity index is -0.000000849. The minimum absolute atomic E-state index is 0. The first-order valence-corrected chi connectivity index (χ1v) is 18.9. The Bertz CT molecular complexity index is 1580. The van der Waals surface area contributed by atoms with Crippen LogP contribution in [-0.2, 0) is 70.6 Å². The van der Waals surface area contributed by atoms with Crippen LogP contribution in [0.2, 0.25) is 18.1 Å². The van der Waals surface area contributed by atoms with Crippen molar-refractivity contribution in [3.05, 3.63) is 81.6 Å². The molecule has 55 heavy (non-hydrogen) atoms. The Morgan fingerprint density at radius 2 is 1.36 bits per heavy atom. The molecule has 2 radical (unpaired) electrons. The molecular formula is C40H43Co2NO11Si. The molecule has 0 saturated heterocycles. The maximum absolute atomic E-state index is 14.4. The summed E-state index contributed by atoms with van der Waals surface area (Å²) in [4.78, 5) is 16.0. The van der Waals surface area contributed by atoms with Crippen LogP contribution in [0.3, 0.4) is 0 Å². The van der Waals surface area contributed by atoms with Gasteiger partial charge < -0.3 is 19.0 Å². The van der Waals surface area contributed by atoms with Crippen LogP contribution >= 0.6 is 0 Å². The molecule has 15 heteroatoms. The average Bonchev–Trinajstić information content (AvgIpc) is 3.16. The molecule has 1 amide bonds. The van der Waals surface area contributed by atoms with Crippen molar-refractivity contribution in [3.63, 3.8) is 0 Å². The van der Waals surface area contributed by atoms with Crippen LogP contribution in [0.5, 0.6) is 5.75 Å². The van der Waals surface area contributed by atoms with E-state index in [0.717, 1.165) is 30.5 Å². The number of hydrogen-bond donors (Lipinski definition) is 1. The molecule has 4 bridgehead atoms. The quantitative estimate of drug-likeness (QED) is 0.153. The van der Waals surface area contributed by atoms with Crippen LogP contribution in [0.4, 0.5) is 10.5 Å². The van der Waals surface area contributed by atoms with E-state index in [1.54, 1.807) is 24.2 Å². The molecule has 296 valence electrons. The summed E-state index contributed by atoms with van der Waals surface area (Å²) in [5.74, 6) is 15.0. The predicted octanol–water partition coefficient (Wildman–Crippen LogP) is 6.68. The molecule has 12 nitrogen and oxygen atoms in total. The van der Waals surface area contributed by atoms with Crippen LogP contribution in [0.15, 0.2) is 36.1 Å². The average molecular weight is 860 g/mol. The molecule has 1 unspecified atom stereocenters. The normalized spacial score (nSPS) is 21.2. The molecule has 1 N–H and O–H groups in total. The SMILES string of the molecule is COc1ccc2c(c1)C=C(O[Si](C)(C)C(C)(C)C)C(C#C/C=C\C#CCO)N2C(=O)OC12CC3CC(CC(C3)C1)C2.[C-]#[O+].[C-]#[O+].[C-]#[O+].[C-]#[O+].[C-]#[O+].[C-]#[O+].[Co].[Co]. The van der Waals surface area contributed by atoms with E-state index in [2.05, 4.69) is 97.4 Å². The van der Waals surface area contributed by atoms with E-state index in [9.17, 15) is 4.79 Å². The number of aliphatic hydroxyl groups excluding tert-OH is 1. The van der Waals surface area contributed by atoms with E-state index >= 15 is 0 Å². The number of methoxy groups -OCH3 is 1. The number of ether oxygens (including phenoxy) is 2. The fourth-order valence-corrected chi connectivity index (χ4v) is 8.14. The molecule has 1 atom stereocenters. The van der Waals surface area contributed by atoms with Crippen molar-refractivity contribution in [2.45, 2.75) is 89.1 Å². The van der Waals surface area contributed by atoms with Crippen molar-refractivity contribution in [2.24, 2.45) is 17.8 Å². The van der Waals surface area contributed by atoms with Gasteiger partial charge in [-0.15, -0.1) is 0 Å². The van der Waals surface area contributed by atoms with Gasteiger partial charge in [-0.2, -0.15) is 0 Å². The van der Waals surface area contributed by atoms with Crippen LogP contribution < -0.4 is 9.64 Å². The third-order valence-electron chi connectivity index (χ3n) is 9.63. The third kappa shape index (κ3) is 16.1. The van der Waals surface area contributed by atoms with Crippen molar-refractivity contribution >= 4 is 26.2 Å². The molecule has 0 aromatic heterocycles. The number of anilines is 1. The maximum Gasteiger partial charge on any atom is 0 e. The van der Waals surface area contributed by atoms with Gasteiger partial charge in [0.25, 0.3) is 0 Å². The zero-order valence-corrected chi connectivity index (χ0v) is 34.4. The fraction of sp³-hybridized carbons (Fsp3) is 0.475. The van der Waals surface area contributed by atoms with Crippen LogP contribution in [-0.4, -0.2) is 44.9 Å². The first kappa shape index (κ1) is 58.0. The van der Waals surface area contributed by atoms with Gasteiger partial charge in [-0.1, -0.05) is 44.5 Å². The van der Waals surface area contributed by atoms with Crippen LogP contribution in [0.1, 0.15) is 64.9 Å². The standard InChI is InChI=1S/C34H43NO5Si.6CO.2Co/c1-33(2,3)41(5,6)40-31-20-27-19-28(38-4)13-14-29(27)35(30(31)12-10-8-7-9-11-15-36)32(37)39-34-21-24-16-25(22-34)18-26(17-24)23-34;6*1-2;;/h7-8,13-14,19-20,24-26,30,36H,15-18,21-23H2,1-6H3;;;;;;;;/b8-7-;;;;;;;;. The molecule has 5 aliphatic rings. The zero-order chi connectivity index (χ0) is 41.4. The largest absolute Gasteiger partial charge is 0 e. The summed E-state index contributed by atoms with van der Waals surface area (Å²) in [7, 11) is -0.649. The number of nitrogens with zero attached hydrogens (tertiary/aromatic N) is 1. The van der Waals surface area contributed by atoms with E-state index in [1.165, 1.54) is 19.3 Å². The number of fused-ring (bicyclic) bond motifs is 1. The Labute approximate surface area is 346 Å². The van der Waals surface area contributed by atoms with Gasteiger partial charge in [-0.3, -0.25) is 4.90 Å². The topological polar surface area (TPSA) is 188 Å². The summed E-state index contributed by atoms with van der Waals surface area (Å²) in [5.41, 5.74) is 1.17. The minimum Gasteiger partial charge on any atom is 0 e. The Morgan fingerprint density at radius 3 is 1.80 bits per heavy atom. The minimum atomic E-state index is -2.29. The van der Waals surface area contributed by atoms with E-state index in [0.29, 0.717) is 29.3 Å². The van der Waals surface area contributed by atoms with Crippen LogP contribution in [0.25, 0.3) is 6.08 Å². The van der Waals surface area contributed by atoms with Crippen molar-refractivity contribution in [1.82, 2.24) is 0 Å². The number of allylic oxidation sites excluding steroid dienone is 2. The Morgan fingerprint density at radius 1 is 0.891 bits per heavy atom. The monoisotopic (exact) mass is 859 g/mol. The first-order chi connectivity index (χ1) is 25.4. The van der Waals surface area contributed by atoms with E-state index in [1.807, 2.05) is 24.3 Å². The predicted molar refractivity (Wildman–Crippen MR) is 188 cm³/mol. The van der Waals surface area contributed by atoms with E-state index < -0.39 is 20.0 Å². The molecule has 4 aliphatic carbocycles. The second kappa shape index (κ2) is 29.6. The molecular weight excluding hydrogens is 816 g/mol. The summed E-state index contributed by atoms with van der Waals surface area (Å²) < 4.78 is 64.0. The zero-order valence-electron chi connectivity index (χ0n) is 31.4. The van der Waals surface area contributed by atoms with Crippen molar-refractivity contribution in [2.75, 3.05) is 18.6 Å². The second-order valence-corrected chi connectivity index (χ2v) is 18.4. The van der Waals surface area contributed by atoms with Crippen molar-refractivity contribution in [1.29, 1.82) is 0 Å². The fourth-order valence-electron chi connectivity index (χ4n) is 7.07. The van der Waals surface area contributed by atoms with Gasteiger partial charge in [0.15, 0.2) is 6.04 Å². The van der Waals surface area contributed by atoms with Crippen LogP contribution in [0, 0.1) is 81.3 Å². The molecule has 1 aliphatic heterocycles. The molecule has 1 aromatic carbocycles. The molecule has 6 rings (SSSR count). The summed E-state index contributed by atoms with van der Waals surface area (Å²) in [5, 5.41) is 8.90. The van der Waals surface area contributed by atoms with Gasteiger partial charge in [-0.05, 0) is 111 Å². The van der Waals surface area contributed by atoms with Gasteiger partial charge in [-0.25, -0.2) is 4.79 Å². The number of hydrogen-bond acceptors (Lipinski definition) is 5. The van der Waals surface area contributed by atoms with Gasteiger partial charge in [0.1, 0.15) is 23.7 Å². The van der Waals surface area contributed by atoms with Gasteiger partial charge in [0, 0.05) is 39.1 Å². The smallest absolute Gasteiger partial charge is 0 e. The molecule has 0 spiro atoms. The number of carbonyl (C=O) groups excluding carboxylic acids is 1. The summed E-state index contributed by atoms with van der Waals surface area (Å²) >= 11 is 0. The molecule has 4 saturated carbocycles.